The van der Waals surface area contributed by atoms with Crippen LogP contribution in [0, 0.1) is 0 Å². The van der Waals surface area contributed by atoms with Crippen LogP contribution in [-0.2, 0) is 15.9 Å². The molecule has 1 unspecified atom stereocenters. The van der Waals surface area contributed by atoms with Gasteiger partial charge in [-0.1, -0.05) is 6.07 Å². The largest absolute Gasteiger partial charge is 0.461 e. The van der Waals surface area contributed by atoms with Gasteiger partial charge in [0.1, 0.15) is 12.5 Å². The second-order valence-electron chi connectivity index (χ2n) is 6.59. The number of ether oxygens (including phenoxy) is 2. The maximum Gasteiger partial charge on any atom is 0.360 e. The zero-order chi connectivity index (χ0) is 19.3. The Hall–Kier alpha value is -3.00. The molecule has 1 saturated heterocycles. The van der Waals surface area contributed by atoms with Crippen molar-refractivity contribution >= 4 is 5.97 Å². The molecular weight excluding hydrogens is 360 g/mol. The Morgan fingerprint density at radius 1 is 1.29 bits per heavy atom. The first-order valence-corrected chi connectivity index (χ1v) is 9.45. The first kappa shape index (κ1) is 18.4. The van der Waals surface area contributed by atoms with Gasteiger partial charge in [-0.25, -0.2) is 14.5 Å². The summed E-state index contributed by atoms with van der Waals surface area (Å²) >= 11 is 0. The SMILES string of the molecule is CCOC(=O)c1coc(Cc2ccc(-c3cnn(C4CCCCO4)c3)cn2)n1. The third-order valence-electron chi connectivity index (χ3n) is 4.58. The van der Waals surface area contributed by atoms with E-state index in [1.54, 1.807) is 13.1 Å². The first-order valence-electron chi connectivity index (χ1n) is 9.45. The minimum atomic E-state index is -0.486. The van der Waals surface area contributed by atoms with Gasteiger partial charge < -0.3 is 13.9 Å². The molecule has 8 nitrogen and oxygen atoms in total. The van der Waals surface area contributed by atoms with Gasteiger partial charge in [0.15, 0.2) is 5.69 Å². The standard InChI is InChI=1S/C20H22N4O4/c1-2-26-20(25)17-13-28-18(23-17)9-16-7-6-14(10-21-16)15-11-22-24(12-15)19-5-3-4-8-27-19/h6-7,10-13,19H,2-5,8-9H2,1H3. The molecule has 3 aromatic heterocycles. The summed E-state index contributed by atoms with van der Waals surface area (Å²) in [4.78, 5) is 20.3. The van der Waals surface area contributed by atoms with E-state index in [-0.39, 0.29) is 11.9 Å². The number of esters is 1. The molecule has 4 rings (SSSR count). The average molecular weight is 382 g/mol. The summed E-state index contributed by atoms with van der Waals surface area (Å²) < 4.78 is 17.9. The van der Waals surface area contributed by atoms with Crippen LogP contribution in [0.5, 0.6) is 0 Å². The van der Waals surface area contributed by atoms with E-state index in [1.807, 2.05) is 29.2 Å². The predicted molar refractivity (Wildman–Crippen MR) is 99.6 cm³/mol. The minimum Gasteiger partial charge on any atom is -0.461 e. The van der Waals surface area contributed by atoms with Crippen molar-refractivity contribution in [1.82, 2.24) is 19.7 Å². The van der Waals surface area contributed by atoms with Crippen molar-refractivity contribution < 1.29 is 18.7 Å². The number of nitrogens with zero attached hydrogens (tertiary/aromatic N) is 4. The van der Waals surface area contributed by atoms with Crippen molar-refractivity contribution in [3.05, 3.63) is 54.3 Å². The quantitative estimate of drug-likeness (QED) is 0.603. The lowest BCUT2D eigenvalue weighted by Crippen LogP contribution is -2.18. The van der Waals surface area contributed by atoms with Crippen LogP contribution in [-0.4, -0.2) is 38.9 Å². The zero-order valence-corrected chi connectivity index (χ0v) is 15.7. The molecule has 1 atom stereocenters. The van der Waals surface area contributed by atoms with E-state index in [1.165, 1.54) is 6.26 Å². The van der Waals surface area contributed by atoms with E-state index >= 15 is 0 Å². The number of carbonyl (C=O) groups is 1. The van der Waals surface area contributed by atoms with Gasteiger partial charge in [-0.2, -0.15) is 5.10 Å². The number of hydrogen-bond donors (Lipinski definition) is 0. The van der Waals surface area contributed by atoms with Crippen molar-refractivity contribution in [3.63, 3.8) is 0 Å². The Morgan fingerprint density at radius 2 is 2.21 bits per heavy atom. The van der Waals surface area contributed by atoms with Crippen molar-refractivity contribution in [2.24, 2.45) is 0 Å². The van der Waals surface area contributed by atoms with Crippen molar-refractivity contribution in [2.75, 3.05) is 13.2 Å². The highest BCUT2D eigenvalue weighted by Gasteiger charge is 2.17. The molecule has 1 aliphatic heterocycles. The first-order chi connectivity index (χ1) is 13.7. The van der Waals surface area contributed by atoms with Crippen LogP contribution < -0.4 is 0 Å². The summed E-state index contributed by atoms with van der Waals surface area (Å²) in [6.45, 7) is 2.83. The molecule has 0 spiro atoms. The van der Waals surface area contributed by atoms with Gasteiger partial charge in [0.05, 0.1) is 19.2 Å². The zero-order valence-electron chi connectivity index (χ0n) is 15.7. The summed E-state index contributed by atoms with van der Waals surface area (Å²) in [6.07, 6.45) is 10.6. The average Bonchev–Trinajstić information content (AvgIpc) is 3.40. The van der Waals surface area contributed by atoms with Gasteiger partial charge in [-0.3, -0.25) is 4.98 Å². The molecule has 1 aliphatic rings. The number of rotatable bonds is 6. The molecule has 0 aliphatic carbocycles. The molecule has 0 bridgehead atoms. The summed E-state index contributed by atoms with van der Waals surface area (Å²) in [5.74, 6) is -0.0645. The van der Waals surface area contributed by atoms with E-state index in [0.29, 0.717) is 18.9 Å². The molecule has 0 N–H and O–H groups in total. The van der Waals surface area contributed by atoms with Crippen LogP contribution in [0.2, 0.25) is 0 Å². The van der Waals surface area contributed by atoms with Gasteiger partial charge in [-0.05, 0) is 32.3 Å². The van der Waals surface area contributed by atoms with Crippen LogP contribution in [0.3, 0.4) is 0 Å². The monoisotopic (exact) mass is 382 g/mol. The fraction of sp³-hybridized carbons (Fsp3) is 0.400. The molecule has 0 radical (unpaired) electrons. The van der Waals surface area contributed by atoms with Gasteiger partial charge in [0, 0.05) is 35.8 Å². The molecular formula is C20H22N4O4. The Balaban J connectivity index is 1.41. The number of oxazole rings is 1. The van der Waals surface area contributed by atoms with Gasteiger partial charge in [-0.15, -0.1) is 0 Å². The third-order valence-corrected chi connectivity index (χ3v) is 4.58. The lowest BCUT2D eigenvalue weighted by Gasteiger charge is -2.22. The van der Waals surface area contributed by atoms with Crippen LogP contribution in [0.4, 0.5) is 0 Å². The molecule has 3 aromatic rings. The third kappa shape index (κ3) is 4.12. The minimum absolute atomic E-state index is 0.0216. The summed E-state index contributed by atoms with van der Waals surface area (Å²) in [5, 5.41) is 4.44. The molecule has 4 heterocycles. The van der Waals surface area contributed by atoms with E-state index in [4.69, 9.17) is 13.9 Å². The molecule has 1 fully saturated rings. The maximum atomic E-state index is 11.7. The molecule has 146 valence electrons. The summed E-state index contributed by atoms with van der Waals surface area (Å²) in [6, 6.07) is 3.90. The lowest BCUT2D eigenvalue weighted by atomic mass is 10.1. The highest BCUT2D eigenvalue weighted by Crippen LogP contribution is 2.25. The second kappa shape index (κ2) is 8.35. The van der Waals surface area contributed by atoms with E-state index in [2.05, 4.69) is 15.1 Å². The maximum absolute atomic E-state index is 11.7. The summed E-state index contributed by atoms with van der Waals surface area (Å²) in [5.41, 5.74) is 2.94. The highest BCUT2D eigenvalue weighted by atomic mass is 16.5. The number of hydrogen-bond acceptors (Lipinski definition) is 7. The molecule has 0 aromatic carbocycles. The lowest BCUT2D eigenvalue weighted by molar-refractivity contribution is -0.0394. The Kier molecular flexibility index (Phi) is 5.48. The van der Waals surface area contributed by atoms with Gasteiger partial charge in [0.2, 0.25) is 5.89 Å². The Morgan fingerprint density at radius 3 is 2.96 bits per heavy atom. The number of carbonyl (C=O) groups excluding carboxylic acids is 1. The van der Waals surface area contributed by atoms with Crippen LogP contribution in [0.25, 0.3) is 11.1 Å². The normalized spacial score (nSPS) is 16.8. The molecule has 28 heavy (non-hydrogen) atoms. The Bertz CT molecular complexity index is 926. The van der Waals surface area contributed by atoms with Crippen LogP contribution >= 0.6 is 0 Å². The number of pyridine rings is 1. The fourth-order valence-corrected chi connectivity index (χ4v) is 3.12. The van der Waals surface area contributed by atoms with Gasteiger partial charge >= 0.3 is 5.97 Å². The van der Waals surface area contributed by atoms with Gasteiger partial charge in [0.25, 0.3) is 0 Å². The van der Waals surface area contributed by atoms with Crippen molar-refractivity contribution in [1.29, 1.82) is 0 Å². The highest BCUT2D eigenvalue weighted by molar-refractivity contribution is 5.86. The van der Waals surface area contributed by atoms with E-state index < -0.39 is 5.97 Å². The van der Waals surface area contributed by atoms with E-state index in [0.717, 1.165) is 42.7 Å². The predicted octanol–water partition coefficient (Wildman–Crippen LogP) is 3.40. The van der Waals surface area contributed by atoms with Crippen LogP contribution in [0.15, 0.2) is 41.4 Å². The second-order valence-corrected chi connectivity index (χ2v) is 6.59. The summed E-state index contributed by atoms with van der Waals surface area (Å²) in [7, 11) is 0. The molecule has 0 amide bonds. The van der Waals surface area contributed by atoms with E-state index in [9.17, 15) is 4.79 Å². The molecule has 0 saturated carbocycles. The smallest absolute Gasteiger partial charge is 0.360 e. The Labute approximate surface area is 162 Å². The topological polar surface area (TPSA) is 92.3 Å². The molecule has 8 heteroatoms. The van der Waals surface area contributed by atoms with Crippen molar-refractivity contribution in [3.8, 4) is 11.1 Å². The fourth-order valence-electron chi connectivity index (χ4n) is 3.12. The number of aromatic nitrogens is 4. The van der Waals surface area contributed by atoms with Crippen LogP contribution in [0.1, 0.15) is 54.5 Å². The van der Waals surface area contributed by atoms with Crippen molar-refractivity contribution in [2.45, 2.75) is 38.8 Å².